The lowest BCUT2D eigenvalue weighted by Crippen LogP contribution is -2.38. The van der Waals surface area contributed by atoms with Crippen LogP contribution in [0.5, 0.6) is 12.0 Å². The molecule has 2 amide bonds. The Bertz CT molecular complexity index is 882. The Morgan fingerprint density at radius 1 is 1.10 bits per heavy atom. The molecule has 0 aliphatic carbocycles. The first kappa shape index (κ1) is 23.1. The minimum atomic E-state index is -4.84. The van der Waals surface area contributed by atoms with Crippen LogP contribution in [0.15, 0.2) is 0 Å². The number of aliphatic hydroxyl groups is 2. The number of anilines is 1. The van der Waals surface area contributed by atoms with Crippen molar-refractivity contribution in [3.05, 3.63) is 0 Å². The van der Waals surface area contributed by atoms with Crippen molar-refractivity contribution in [3.8, 4) is 12.0 Å². The molecule has 0 saturated carbocycles. The molecule has 166 valence electrons. The second-order valence-electron chi connectivity index (χ2n) is 5.42. The lowest BCUT2D eigenvalue weighted by atomic mass is 10.4. The first-order chi connectivity index (χ1) is 14.2. The number of hydrogen-bond donors (Lipinski definition) is 4. The third-order valence-corrected chi connectivity index (χ3v) is 4.33. The monoisotopic (exact) mass is 451 g/mol. The summed E-state index contributed by atoms with van der Waals surface area (Å²) < 4.78 is 41.1. The molecule has 0 radical (unpaired) electrons. The molecule has 0 bridgehead atoms. The van der Waals surface area contributed by atoms with E-state index in [-0.39, 0.29) is 49.5 Å². The first-order valence-electron chi connectivity index (χ1n) is 8.17. The van der Waals surface area contributed by atoms with Crippen LogP contribution in [-0.4, -0.2) is 99.2 Å². The molecule has 0 spiro atoms. The Kier molecular flexibility index (Phi) is 7.75. The predicted octanol–water partition coefficient (Wildman–Crippen LogP) is -3.50. The van der Waals surface area contributed by atoms with E-state index in [1.165, 1.54) is 0 Å². The van der Waals surface area contributed by atoms with Crippen molar-refractivity contribution in [2.24, 2.45) is 0 Å². The second kappa shape index (κ2) is 10.1. The van der Waals surface area contributed by atoms with E-state index in [2.05, 4.69) is 25.1 Å². The molecule has 1 aromatic heterocycles. The number of aliphatic hydroxyl groups excluding tert-OH is 2. The van der Waals surface area contributed by atoms with Gasteiger partial charge in [-0.25, -0.2) is 4.79 Å². The van der Waals surface area contributed by atoms with Gasteiger partial charge in [-0.3, -0.25) is 14.1 Å². The SMILES string of the molecule is O=C(CNc1nc(OCCO)nc(OCCO)n1)ON1C(=O)CC(S(=O)(=O)O)C1=O. The van der Waals surface area contributed by atoms with Gasteiger partial charge in [-0.05, 0) is 0 Å². The third kappa shape index (κ3) is 6.17. The van der Waals surface area contributed by atoms with Crippen molar-refractivity contribution in [1.29, 1.82) is 0 Å². The van der Waals surface area contributed by atoms with Gasteiger partial charge in [0.15, 0.2) is 5.25 Å². The maximum Gasteiger partial charge on any atom is 0.352 e. The van der Waals surface area contributed by atoms with Crippen LogP contribution in [0.25, 0.3) is 0 Å². The van der Waals surface area contributed by atoms with Gasteiger partial charge in [0, 0.05) is 0 Å². The number of ether oxygens (including phenoxy) is 2. The lowest BCUT2D eigenvalue weighted by Gasteiger charge is -2.14. The van der Waals surface area contributed by atoms with E-state index < -0.39 is 46.1 Å². The van der Waals surface area contributed by atoms with Crippen molar-refractivity contribution in [1.82, 2.24) is 20.0 Å². The van der Waals surface area contributed by atoms with Gasteiger partial charge in [-0.2, -0.15) is 18.4 Å². The second-order valence-corrected chi connectivity index (χ2v) is 7.02. The smallest absolute Gasteiger partial charge is 0.352 e. The molecule has 2 heterocycles. The predicted molar refractivity (Wildman–Crippen MR) is 91.4 cm³/mol. The van der Waals surface area contributed by atoms with Crippen LogP contribution in [0.4, 0.5) is 5.95 Å². The van der Waals surface area contributed by atoms with Gasteiger partial charge in [-0.1, -0.05) is 0 Å². The molecule has 1 saturated heterocycles. The maximum absolute atomic E-state index is 11.9. The summed E-state index contributed by atoms with van der Waals surface area (Å²) in [7, 11) is -4.84. The van der Waals surface area contributed by atoms with Crippen LogP contribution in [0.2, 0.25) is 0 Å². The van der Waals surface area contributed by atoms with Gasteiger partial charge in [0.1, 0.15) is 19.8 Å². The molecular weight excluding hydrogens is 434 g/mol. The summed E-state index contributed by atoms with van der Waals surface area (Å²) in [5.41, 5.74) is 0. The maximum atomic E-state index is 11.9. The van der Waals surface area contributed by atoms with Crippen molar-refractivity contribution in [2.75, 3.05) is 38.3 Å². The van der Waals surface area contributed by atoms with Gasteiger partial charge in [0.2, 0.25) is 5.95 Å². The molecule has 0 aromatic carbocycles. The number of nitrogens with one attached hydrogen (secondary N) is 1. The Morgan fingerprint density at radius 2 is 1.67 bits per heavy atom. The minimum Gasteiger partial charge on any atom is -0.461 e. The van der Waals surface area contributed by atoms with E-state index in [9.17, 15) is 22.8 Å². The van der Waals surface area contributed by atoms with E-state index in [0.717, 1.165) is 0 Å². The lowest BCUT2D eigenvalue weighted by molar-refractivity contribution is -0.196. The molecule has 2 rings (SSSR count). The number of imide groups is 1. The summed E-state index contributed by atoms with van der Waals surface area (Å²) in [6.45, 7) is -1.67. The molecule has 1 atom stereocenters. The van der Waals surface area contributed by atoms with E-state index in [0.29, 0.717) is 0 Å². The fourth-order valence-electron chi connectivity index (χ4n) is 2.02. The Morgan fingerprint density at radius 3 is 2.13 bits per heavy atom. The number of hydrogen-bond acceptors (Lipinski definition) is 14. The average molecular weight is 451 g/mol. The number of carbonyl (C=O) groups excluding carboxylic acids is 3. The van der Waals surface area contributed by atoms with Crippen LogP contribution in [0.1, 0.15) is 6.42 Å². The summed E-state index contributed by atoms with van der Waals surface area (Å²) in [6.07, 6.45) is -0.872. The number of carbonyl (C=O) groups is 3. The molecule has 1 fully saturated rings. The van der Waals surface area contributed by atoms with Crippen molar-refractivity contribution in [2.45, 2.75) is 11.7 Å². The van der Waals surface area contributed by atoms with Gasteiger partial charge < -0.3 is 29.8 Å². The van der Waals surface area contributed by atoms with Crippen LogP contribution in [-0.2, 0) is 29.3 Å². The normalized spacial score (nSPS) is 16.5. The molecule has 1 aromatic rings. The summed E-state index contributed by atoms with van der Waals surface area (Å²) in [6, 6.07) is -0.549. The van der Waals surface area contributed by atoms with E-state index in [1.807, 2.05) is 0 Å². The Labute approximate surface area is 168 Å². The van der Waals surface area contributed by atoms with Crippen molar-refractivity contribution >= 4 is 33.9 Å². The molecule has 17 heteroatoms. The highest BCUT2D eigenvalue weighted by Gasteiger charge is 2.48. The summed E-state index contributed by atoms with van der Waals surface area (Å²) in [5, 5.41) is 17.8. The van der Waals surface area contributed by atoms with E-state index in [4.69, 9.17) is 24.2 Å². The van der Waals surface area contributed by atoms with Crippen LogP contribution >= 0.6 is 0 Å². The standard InChI is InChI=1S/C13H17N5O11S/c19-1-3-27-12-15-11(16-13(17-12)28-4-2-20)14-6-9(22)29-18-8(21)5-7(10(18)23)30(24,25)26/h7,19-20H,1-6H2,(H,24,25,26)(H,14,15,16,17). The number of hydroxylamine groups is 2. The fourth-order valence-corrected chi connectivity index (χ4v) is 2.72. The molecule has 1 unspecified atom stereocenters. The zero-order valence-electron chi connectivity index (χ0n) is 15.1. The molecule has 1 aliphatic rings. The van der Waals surface area contributed by atoms with E-state index in [1.54, 1.807) is 0 Å². The topological polar surface area (TPSA) is 228 Å². The van der Waals surface area contributed by atoms with E-state index >= 15 is 0 Å². The number of amides is 2. The summed E-state index contributed by atoms with van der Waals surface area (Å²) in [5.74, 6) is -3.98. The minimum absolute atomic E-state index is 0.0541. The van der Waals surface area contributed by atoms with Gasteiger partial charge >= 0.3 is 18.0 Å². The highest BCUT2D eigenvalue weighted by Crippen LogP contribution is 2.20. The highest BCUT2D eigenvalue weighted by atomic mass is 32.2. The zero-order valence-corrected chi connectivity index (χ0v) is 15.9. The summed E-state index contributed by atoms with van der Waals surface area (Å²) >= 11 is 0. The van der Waals surface area contributed by atoms with Crippen molar-refractivity contribution < 1.29 is 51.9 Å². The zero-order chi connectivity index (χ0) is 22.3. The van der Waals surface area contributed by atoms with Crippen molar-refractivity contribution in [3.63, 3.8) is 0 Å². The van der Waals surface area contributed by atoms with Crippen LogP contribution in [0.3, 0.4) is 0 Å². The molecule has 4 N–H and O–H groups in total. The van der Waals surface area contributed by atoms with Crippen LogP contribution < -0.4 is 14.8 Å². The molecular formula is C13H17N5O11S. The largest absolute Gasteiger partial charge is 0.461 e. The number of aromatic nitrogens is 3. The molecule has 16 nitrogen and oxygen atoms in total. The van der Waals surface area contributed by atoms with Gasteiger partial charge in [0.05, 0.1) is 19.6 Å². The first-order valence-corrected chi connectivity index (χ1v) is 9.67. The molecule has 30 heavy (non-hydrogen) atoms. The molecule has 1 aliphatic heterocycles. The Balaban J connectivity index is 2.01. The Hall–Kier alpha value is -3.15. The van der Waals surface area contributed by atoms with Gasteiger partial charge in [-0.15, -0.1) is 10.0 Å². The number of nitrogens with zero attached hydrogens (tertiary/aromatic N) is 4. The fraction of sp³-hybridized carbons (Fsp3) is 0.538. The quantitative estimate of drug-likeness (QED) is 0.189. The third-order valence-electron chi connectivity index (χ3n) is 3.24. The highest BCUT2D eigenvalue weighted by molar-refractivity contribution is 7.87. The average Bonchev–Trinajstić information content (AvgIpc) is 2.97. The van der Waals surface area contributed by atoms with Gasteiger partial charge in [0.25, 0.3) is 21.9 Å². The number of rotatable bonds is 11. The summed E-state index contributed by atoms with van der Waals surface area (Å²) in [4.78, 5) is 51.2. The van der Waals surface area contributed by atoms with Crippen LogP contribution in [0, 0.1) is 0 Å².